The van der Waals surface area contributed by atoms with Crippen LogP contribution in [-0.4, -0.2) is 28.7 Å². The molecule has 0 spiro atoms. The van der Waals surface area contributed by atoms with Crippen molar-refractivity contribution < 1.29 is 19.1 Å². The Morgan fingerprint density at radius 2 is 1.74 bits per heavy atom. The van der Waals surface area contributed by atoms with Crippen LogP contribution in [0.2, 0.25) is 0 Å². The zero-order valence-corrected chi connectivity index (χ0v) is 18.5. The summed E-state index contributed by atoms with van der Waals surface area (Å²) in [4.78, 5) is 28.1. The number of benzene rings is 2. The third-order valence-corrected chi connectivity index (χ3v) is 5.17. The predicted molar refractivity (Wildman–Crippen MR) is 120 cm³/mol. The molecule has 0 radical (unpaired) electrons. The Morgan fingerprint density at radius 1 is 1.06 bits per heavy atom. The van der Waals surface area contributed by atoms with Crippen molar-refractivity contribution in [3.63, 3.8) is 0 Å². The molecule has 6 heteroatoms. The summed E-state index contributed by atoms with van der Waals surface area (Å²) in [7, 11) is 0. The molecule has 0 unspecified atom stereocenters. The van der Waals surface area contributed by atoms with Crippen LogP contribution in [0.25, 0.3) is 0 Å². The number of rotatable bonds is 6. The maximum atomic E-state index is 13.4. The van der Waals surface area contributed by atoms with E-state index in [9.17, 15) is 9.59 Å². The Bertz CT molecular complexity index is 886. The van der Waals surface area contributed by atoms with Gasteiger partial charge in [0.15, 0.2) is 6.04 Å². The van der Waals surface area contributed by atoms with Gasteiger partial charge in [-0.15, -0.1) is 0 Å². The molecule has 0 aromatic heterocycles. The summed E-state index contributed by atoms with van der Waals surface area (Å²) in [5, 5.41) is 0. The second-order valence-corrected chi connectivity index (χ2v) is 9.01. The smallest absolute Gasteiger partial charge is 0.411 e. The highest BCUT2D eigenvalue weighted by Gasteiger charge is 2.37. The van der Waals surface area contributed by atoms with Crippen LogP contribution >= 0.6 is 0 Å². The van der Waals surface area contributed by atoms with Crippen LogP contribution in [0.3, 0.4) is 0 Å². The fraction of sp³-hybridized carbons (Fsp3) is 0.440. The van der Waals surface area contributed by atoms with Crippen molar-refractivity contribution in [2.24, 2.45) is 0 Å². The molecule has 2 aromatic carbocycles. The molecule has 3 rings (SSSR count). The number of nitrogens with zero attached hydrogens (tertiary/aromatic N) is 1. The van der Waals surface area contributed by atoms with E-state index in [0.29, 0.717) is 11.3 Å². The molecule has 31 heavy (non-hydrogen) atoms. The standard InChI is InChI=1S/C25H32N2O4/c1-25(2,3)31-24(29)27(17-18-10-9-13-20(26)16-18)22(19-11-5-4-6-12-19)23(28)30-21-14-7-8-15-21/h4-6,9-13,16,21-22H,7-8,14-15,17,26H2,1-3H3/t22-/m0/s1. The molecule has 2 aromatic rings. The second-order valence-electron chi connectivity index (χ2n) is 9.01. The number of nitrogens with two attached hydrogens (primary N) is 1. The molecule has 0 saturated heterocycles. The summed E-state index contributed by atoms with van der Waals surface area (Å²) >= 11 is 0. The molecule has 1 amide bonds. The number of hydrogen-bond donors (Lipinski definition) is 1. The highest BCUT2D eigenvalue weighted by Crippen LogP contribution is 2.30. The average molecular weight is 425 g/mol. The van der Waals surface area contributed by atoms with E-state index in [0.717, 1.165) is 31.2 Å². The molecule has 0 heterocycles. The highest BCUT2D eigenvalue weighted by atomic mass is 16.6. The van der Waals surface area contributed by atoms with Crippen molar-refractivity contribution in [2.45, 2.75) is 70.7 Å². The number of hydrogen-bond acceptors (Lipinski definition) is 5. The molecule has 1 atom stereocenters. The zero-order valence-electron chi connectivity index (χ0n) is 18.5. The van der Waals surface area contributed by atoms with E-state index in [2.05, 4.69) is 0 Å². The number of carbonyl (C=O) groups excluding carboxylic acids is 2. The summed E-state index contributed by atoms with van der Waals surface area (Å²) in [5.41, 5.74) is 7.31. The molecule has 1 fully saturated rings. The Morgan fingerprint density at radius 3 is 2.35 bits per heavy atom. The second kappa shape index (κ2) is 9.86. The lowest BCUT2D eigenvalue weighted by Crippen LogP contribution is -2.43. The normalized spacial score (nSPS) is 15.3. The van der Waals surface area contributed by atoms with Crippen LogP contribution in [0, 0.1) is 0 Å². The van der Waals surface area contributed by atoms with Crippen LogP contribution < -0.4 is 5.73 Å². The third kappa shape index (κ3) is 6.48. The Hall–Kier alpha value is -3.02. The SMILES string of the molecule is CC(C)(C)OC(=O)N(Cc1cccc(N)c1)[C@H](C(=O)OC1CCCC1)c1ccccc1. The van der Waals surface area contributed by atoms with Gasteiger partial charge in [-0.05, 0) is 69.7 Å². The summed E-state index contributed by atoms with van der Waals surface area (Å²) in [5.74, 6) is -0.437. The van der Waals surface area contributed by atoms with Crippen LogP contribution in [-0.2, 0) is 20.8 Å². The van der Waals surface area contributed by atoms with E-state index in [1.807, 2.05) is 42.5 Å². The quantitative estimate of drug-likeness (QED) is 0.507. The van der Waals surface area contributed by atoms with Gasteiger partial charge in [0, 0.05) is 5.69 Å². The minimum absolute atomic E-state index is 0.105. The molecule has 166 valence electrons. The minimum Gasteiger partial charge on any atom is -0.461 e. The lowest BCUT2D eigenvalue weighted by atomic mass is 10.0. The van der Waals surface area contributed by atoms with Gasteiger partial charge in [-0.3, -0.25) is 4.90 Å². The fourth-order valence-electron chi connectivity index (χ4n) is 3.78. The first kappa shape index (κ1) is 22.7. The van der Waals surface area contributed by atoms with Crippen LogP contribution in [0.4, 0.5) is 10.5 Å². The van der Waals surface area contributed by atoms with Gasteiger partial charge in [0.25, 0.3) is 0 Å². The molecule has 0 bridgehead atoms. The largest absolute Gasteiger partial charge is 0.461 e. The molecule has 1 saturated carbocycles. The van der Waals surface area contributed by atoms with Crippen molar-refractivity contribution >= 4 is 17.7 Å². The molecule has 0 aliphatic heterocycles. The van der Waals surface area contributed by atoms with Gasteiger partial charge in [-0.2, -0.15) is 0 Å². The van der Waals surface area contributed by atoms with Gasteiger partial charge in [0.1, 0.15) is 11.7 Å². The van der Waals surface area contributed by atoms with Gasteiger partial charge in [0.05, 0.1) is 6.54 Å². The first-order chi connectivity index (χ1) is 14.7. The van der Waals surface area contributed by atoms with Crippen LogP contribution in [0.5, 0.6) is 0 Å². The van der Waals surface area contributed by atoms with E-state index < -0.39 is 23.7 Å². The van der Waals surface area contributed by atoms with Gasteiger partial charge >= 0.3 is 12.1 Å². The summed E-state index contributed by atoms with van der Waals surface area (Å²) < 4.78 is 11.5. The van der Waals surface area contributed by atoms with Gasteiger partial charge < -0.3 is 15.2 Å². The lowest BCUT2D eigenvalue weighted by Gasteiger charge is -2.33. The first-order valence-electron chi connectivity index (χ1n) is 10.8. The lowest BCUT2D eigenvalue weighted by molar-refractivity contribution is -0.155. The number of ether oxygens (including phenoxy) is 2. The van der Waals surface area contributed by atoms with E-state index >= 15 is 0 Å². The first-order valence-corrected chi connectivity index (χ1v) is 10.8. The number of esters is 1. The molecule has 1 aliphatic rings. The van der Waals surface area contributed by atoms with Gasteiger partial charge in [-0.25, -0.2) is 9.59 Å². The third-order valence-electron chi connectivity index (χ3n) is 5.17. The van der Waals surface area contributed by atoms with Crippen LogP contribution in [0.1, 0.15) is 63.6 Å². The zero-order chi connectivity index (χ0) is 22.4. The van der Waals surface area contributed by atoms with E-state index in [1.54, 1.807) is 32.9 Å². The van der Waals surface area contributed by atoms with Crippen molar-refractivity contribution in [3.8, 4) is 0 Å². The van der Waals surface area contributed by atoms with Crippen molar-refractivity contribution in [1.29, 1.82) is 0 Å². The van der Waals surface area contributed by atoms with E-state index in [4.69, 9.17) is 15.2 Å². The summed E-state index contributed by atoms with van der Waals surface area (Å²) in [6.07, 6.45) is 3.13. The van der Waals surface area contributed by atoms with E-state index in [-0.39, 0.29) is 12.6 Å². The summed E-state index contributed by atoms with van der Waals surface area (Å²) in [6.45, 7) is 5.58. The van der Waals surface area contributed by atoms with E-state index in [1.165, 1.54) is 4.90 Å². The Kier molecular flexibility index (Phi) is 7.21. The van der Waals surface area contributed by atoms with Crippen LogP contribution in [0.15, 0.2) is 54.6 Å². The number of carbonyl (C=O) groups is 2. The average Bonchev–Trinajstić information content (AvgIpc) is 3.20. The molecular weight excluding hydrogens is 392 g/mol. The van der Waals surface area contributed by atoms with Crippen molar-refractivity contribution in [2.75, 3.05) is 5.73 Å². The minimum atomic E-state index is -0.918. The summed E-state index contributed by atoms with van der Waals surface area (Å²) in [6, 6.07) is 15.6. The Labute approximate surface area is 184 Å². The Balaban J connectivity index is 1.97. The van der Waals surface area contributed by atoms with Gasteiger partial charge in [0.2, 0.25) is 0 Å². The van der Waals surface area contributed by atoms with Crippen molar-refractivity contribution in [3.05, 3.63) is 65.7 Å². The van der Waals surface area contributed by atoms with Gasteiger partial charge in [-0.1, -0.05) is 42.5 Å². The topological polar surface area (TPSA) is 81.9 Å². The monoisotopic (exact) mass is 424 g/mol. The number of nitrogen functional groups attached to an aromatic ring is 1. The maximum Gasteiger partial charge on any atom is 0.411 e. The molecule has 6 nitrogen and oxygen atoms in total. The maximum absolute atomic E-state index is 13.4. The number of amides is 1. The van der Waals surface area contributed by atoms with Crippen molar-refractivity contribution in [1.82, 2.24) is 4.90 Å². The molecule has 2 N–H and O–H groups in total. The number of anilines is 1. The molecule has 1 aliphatic carbocycles. The predicted octanol–water partition coefficient (Wildman–Crippen LogP) is 5.23. The molecular formula is C25H32N2O4. The highest BCUT2D eigenvalue weighted by molar-refractivity contribution is 5.83. The fourth-order valence-corrected chi connectivity index (χ4v) is 3.78.